The monoisotopic (exact) mass is 351 g/mol. The average Bonchev–Trinajstić information content (AvgIpc) is 2.99. The molecule has 0 aliphatic rings. The van der Waals surface area contributed by atoms with E-state index in [-0.39, 0.29) is 11.3 Å². The van der Waals surface area contributed by atoms with Crippen molar-refractivity contribution in [2.24, 2.45) is 0 Å². The Balaban J connectivity index is 2.17. The van der Waals surface area contributed by atoms with E-state index in [9.17, 15) is 26.7 Å². The minimum absolute atomic E-state index is 0.208. The molecule has 25 heavy (non-hydrogen) atoms. The van der Waals surface area contributed by atoms with E-state index in [0.29, 0.717) is 11.1 Å². The molecule has 0 fully saturated rings. The van der Waals surface area contributed by atoms with Crippen LogP contribution >= 0.6 is 0 Å². The van der Waals surface area contributed by atoms with Crippen LogP contribution in [-0.4, -0.2) is 16.9 Å². The summed E-state index contributed by atoms with van der Waals surface area (Å²) in [5.74, 6) is -3.04. The highest BCUT2D eigenvalue weighted by Gasteiger charge is 2.40. The van der Waals surface area contributed by atoms with Crippen molar-refractivity contribution < 1.29 is 26.7 Å². The molecule has 0 radical (unpaired) electrons. The van der Waals surface area contributed by atoms with Crippen molar-refractivity contribution in [2.75, 3.05) is 0 Å². The fourth-order valence-electron chi connectivity index (χ4n) is 2.43. The van der Waals surface area contributed by atoms with Crippen molar-refractivity contribution in [1.82, 2.24) is 4.98 Å². The third kappa shape index (κ3) is 3.45. The number of rotatable bonds is 3. The fraction of sp³-hybridized carbons (Fsp3) is 0.0556. The number of Topliss-reactive ketones (excluding diaryl/α,β-unsaturated/α-hetero) is 1. The zero-order valence-electron chi connectivity index (χ0n) is 12.5. The molecule has 0 saturated heterocycles. The highest BCUT2D eigenvalue weighted by Crippen LogP contribution is 2.34. The molecule has 0 spiro atoms. The number of aromatic amines is 1. The maximum atomic E-state index is 13.1. The van der Waals surface area contributed by atoms with Crippen molar-refractivity contribution in [3.8, 4) is 22.4 Å². The highest BCUT2D eigenvalue weighted by atomic mass is 19.4. The maximum Gasteiger partial charge on any atom is 0.456 e. The van der Waals surface area contributed by atoms with Gasteiger partial charge in [0.05, 0.1) is 11.4 Å². The van der Waals surface area contributed by atoms with Gasteiger partial charge in [0.1, 0.15) is 11.6 Å². The molecule has 3 rings (SSSR count). The van der Waals surface area contributed by atoms with Gasteiger partial charge in [-0.2, -0.15) is 13.2 Å². The predicted molar refractivity (Wildman–Crippen MR) is 82.0 cm³/mol. The molecule has 2 aromatic carbocycles. The van der Waals surface area contributed by atoms with E-state index in [1.165, 1.54) is 24.3 Å². The quantitative estimate of drug-likeness (QED) is 0.499. The first-order valence-electron chi connectivity index (χ1n) is 7.12. The third-order valence-electron chi connectivity index (χ3n) is 3.61. The van der Waals surface area contributed by atoms with E-state index < -0.39 is 29.3 Å². The standard InChI is InChI=1S/C18H10F5NO/c19-12-5-1-10(2-6-12)14-9-15(17(25)18(21,22)23)24-16(14)11-3-7-13(20)8-4-11/h1-9,24H. The maximum absolute atomic E-state index is 13.1. The number of hydrogen-bond donors (Lipinski definition) is 1. The lowest BCUT2D eigenvalue weighted by atomic mass is 10.0. The molecule has 0 aliphatic carbocycles. The molecule has 0 aliphatic heterocycles. The van der Waals surface area contributed by atoms with Crippen LogP contribution in [0.2, 0.25) is 0 Å². The molecule has 1 N–H and O–H groups in total. The Morgan fingerprint density at radius 3 is 1.76 bits per heavy atom. The van der Waals surface area contributed by atoms with Crippen LogP contribution in [0.1, 0.15) is 10.5 Å². The summed E-state index contributed by atoms with van der Waals surface area (Å²) in [6, 6.07) is 11.2. The molecule has 0 atom stereocenters. The molecule has 1 heterocycles. The Morgan fingerprint density at radius 1 is 0.800 bits per heavy atom. The molecule has 1 aromatic heterocycles. The van der Waals surface area contributed by atoms with E-state index in [1.807, 2.05) is 0 Å². The van der Waals surface area contributed by atoms with Gasteiger partial charge >= 0.3 is 6.18 Å². The lowest BCUT2D eigenvalue weighted by molar-refractivity contribution is -0.0887. The Labute approximate surface area is 138 Å². The summed E-state index contributed by atoms with van der Waals surface area (Å²) in [6.45, 7) is 0. The zero-order valence-corrected chi connectivity index (χ0v) is 12.5. The van der Waals surface area contributed by atoms with Crippen LogP contribution < -0.4 is 0 Å². The molecule has 0 bridgehead atoms. The molecule has 128 valence electrons. The first-order chi connectivity index (χ1) is 11.8. The summed E-state index contributed by atoms with van der Waals surface area (Å²) in [6.07, 6.45) is -5.04. The smallest absolute Gasteiger partial charge is 0.351 e. The average molecular weight is 351 g/mol. The first kappa shape index (κ1) is 16.9. The van der Waals surface area contributed by atoms with Gasteiger partial charge in [-0.3, -0.25) is 4.79 Å². The summed E-state index contributed by atoms with van der Waals surface area (Å²) in [7, 11) is 0. The molecule has 0 amide bonds. The number of aromatic nitrogens is 1. The predicted octanol–water partition coefficient (Wildman–Crippen LogP) is 5.37. The van der Waals surface area contributed by atoms with Crippen LogP contribution in [0.5, 0.6) is 0 Å². The van der Waals surface area contributed by atoms with E-state index >= 15 is 0 Å². The van der Waals surface area contributed by atoms with Crippen molar-refractivity contribution >= 4 is 5.78 Å². The van der Waals surface area contributed by atoms with E-state index in [0.717, 1.165) is 30.3 Å². The summed E-state index contributed by atoms with van der Waals surface area (Å²) in [5, 5.41) is 0. The van der Waals surface area contributed by atoms with Gasteiger partial charge < -0.3 is 4.98 Å². The SMILES string of the molecule is O=C(c1cc(-c2ccc(F)cc2)c(-c2ccc(F)cc2)[nH]1)C(F)(F)F. The normalized spacial score (nSPS) is 11.6. The third-order valence-corrected chi connectivity index (χ3v) is 3.61. The molecule has 7 heteroatoms. The summed E-state index contributed by atoms with van der Waals surface area (Å²) in [4.78, 5) is 14.0. The number of carbonyl (C=O) groups excluding carboxylic acids is 1. The number of benzene rings is 2. The van der Waals surface area contributed by atoms with Crippen LogP contribution in [0.15, 0.2) is 54.6 Å². The number of halogens is 5. The molecule has 2 nitrogen and oxygen atoms in total. The zero-order chi connectivity index (χ0) is 18.2. The van der Waals surface area contributed by atoms with Crippen LogP contribution in [0.4, 0.5) is 22.0 Å². The Bertz CT molecular complexity index is 845. The number of carbonyl (C=O) groups is 1. The number of hydrogen-bond acceptors (Lipinski definition) is 1. The number of H-pyrrole nitrogens is 1. The summed E-state index contributed by atoms with van der Waals surface area (Å²) in [5.41, 5.74) is 0.643. The lowest BCUT2D eigenvalue weighted by Gasteiger charge is -2.05. The topological polar surface area (TPSA) is 32.9 Å². The van der Waals surface area contributed by atoms with Crippen molar-refractivity contribution in [3.63, 3.8) is 0 Å². The van der Waals surface area contributed by atoms with Crippen LogP contribution in [-0.2, 0) is 0 Å². The highest BCUT2D eigenvalue weighted by molar-refractivity contribution is 6.01. The molecule has 0 saturated carbocycles. The molecular formula is C18H10F5NO. The van der Waals surface area contributed by atoms with Gasteiger partial charge in [0, 0.05) is 5.56 Å². The van der Waals surface area contributed by atoms with Crippen molar-refractivity contribution in [3.05, 3.63) is 71.9 Å². The second-order valence-electron chi connectivity index (χ2n) is 5.31. The Hall–Kier alpha value is -2.96. The number of alkyl halides is 3. The second-order valence-corrected chi connectivity index (χ2v) is 5.31. The molecule has 0 unspecified atom stereocenters. The van der Waals surface area contributed by atoms with Crippen molar-refractivity contribution in [1.29, 1.82) is 0 Å². The summed E-state index contributed by atoms with van der Waals surface area (Å²) < 4.78 is 64.4. The van der Waals surface area contributed by atoms with Crippen LogP contribution in [0, 0.1) is 11.6 Å². The van der Waals surface area contributed by atoms with Crippen LogP contribution in [0.3, 0.4) is 0 Å². The lowest BCUT2D eigenvalue weighted by Crippen LogP contribution is -2.22. The van der Waals surface area contributed by atoms with E-state index in [4.69, 9.17) is 0 Å². The number of nitrogens with one attached hydrogen (secondary N) is 1. The molecule has 3 aromatic rings. The fourth-order valence-corrected chi connectivity index (χ4v) is 2.43. The van der Waals surface area contributed by atoms with E-state index in [2.05, 4.69) is 4.98 Å². The second kappa shape index (κ2) is 6.16. The minimum Gasteiger partial charge on any atom is -0.351 e. The van der Waals surface area contributed by atoms with Gasteiger partial charge in [0.25, 0.3) is 5.78 Å². The Morgan fingerprint density at radius 2 is 1.28 bits per heavy atom. The van der Waals surface area contributed by atoms with E-state index in [1.54, 1.807) is 0 Å². The Kier molecular flexibility index (Phi) is 4.16. The van der Waals surface area contributed by atoms with Gasteiger partial charge in [-0.05, 0) is 53.6 Å². The first-order valence-corrected chi connectivity index (χ1v) is 7.12. The summed E-state index contributed by atoms with van der Waals surface area (Å²) >= 11 is 0. The van der Waals surface area contributed by atoms with Gasteiger partial charge in [-0.15, -0.1) is 0 Å². The van der Waals surface area contributed by atoms with Crippen LogP contribution in [0.25, 0.3) is 22.4 Å². The van der Waals surface area contributed by atoms with Crippen molar-refractivity contribution in [2.45, 2.75) is 6.18 Å². The van der Waals surface area contributed by atoms with Gasteiger partial charge in [0.2, 0.25) is 0 Å². The number of ketones is 1. The van der Waals surface area contributed by atoms with Gasteiger partial charge in [-0.25, -0.2) is 8.78 Å². The van der Waals surface area contributed by atoms with Gasteiger partial charge in [-0.1, -0.05) is 12.1 Å². The largest absolute Gasteiger partial charge is 0.456 e. The minimum atomic E-state index is -5.04. The van der Waals surface area contributed by atoms with Gasteiger partial charge in [0.15, 0.2) is 0 Å². The molecular weight excluding hydrogens is 341 g/mol.